The van der Waals surface area contributed by atoms with E-state index in [1.165, 1.54) is 0 Å². The van der Waals surface area contributed by atoms with Crippen molar-refractivity contribution in [2.45, 2.75) is 6.54 Å². The molecular weight excluding hydrogens is 182 g/mol. The van der Waals surface area contributed by atoms with E-state index in [0.717, 1.165) is 0 Å². The van der Waals surface area contributed by atoms with E-state index in [4.69, 9.17) is 5.11 Å². The highest BCUT2D eigenvalue weighted by atomic mass is 35.5. The number of hydrogen-bond acceptors (Lipinski definition) is 2. The molecule has 4 nitrogen and oxygen atoms in total. The molecule has 1 rings (SSSR count). The second-order valence-corrected chi connectivity index (χ2v) is 1.94. The summed E-state index contributed by atoms with van der Waals surface area (Å²) in [5, 5.41) is 8.35. The molecule has 0 aromatic carbocycles. The Kier molecular flexibility index (Phi) is 7.37. The standard InChI is InChI=1S/C7H7NO2.ClH.H2O/c9-7(10)6-8-4-2-1-3-5-8;;/h1-5H,6H2;1H;1H2. The quantitative estimate of drug-likeness (QED) is 0.684. The molecule has 0 spiro atoms. The van der Waals surface area contributed by atoms with Gasteiger partial charge in [0.2, 0.25) is 6.54 Å². The predicted octanol–water partition coefficient (Wildman–Crippen LogP) is 0.304. The van der Waals surface area contributed by atoms with E-state index in [2.05, 4.69) is 0 Å². The van der Waals surface area contributed by atoms with Gasteiger partial charge in [0.25, 0.3) is 0 Å². The van der Waals surface area contributed by atoms with Crippen molar-refractivity contribution in [1.82, 2.24) is 0 Å². The van der Waals surface area contributed by atoms with Gasteiger partial charge in [-0.25, -0.2) is 4.79 Å². The third kappa shape index (κ3) is 4.65. The van der Waals surface area contributed by atoms with E-state index in [9.17, 15) is 4.79 Å². The molecule has 0 aliphatic rings. The zero-order valence-corrected chi connectivity index (χ0v) is 7.07. The van der Waals surface area contributed by atoms with Crippen molar-refractivity contribution < 1.29 is 19.9 Å². The maximum Gasteiger partial charge on any atom is 0.370 e. The highest BCUT2D eigenvalue weighted by Crippen LogP contribution is 1.76. The van der Waals surface area contributed by atoms with E-state index in [-0.39, 0.29) is 24.4 Å². The van der Waals surface area contributed by atoms with Gasteiger partial charge in [0.15, 0.2) is 12.4 Å². The number of carboxylic acid groups (broad SMARTS) is 1. The smallest absolute Gasteiger partial charge is 0.370 e. The van der Waals surface area contributed by atoms with Gasteiger partial charge < -0.3 is 10.6 Å². The van der Waals surface area contributed by atoms with Crippen LogP contribution in [0.3, 0.4) is 0 Å². The highest BCUT2D eigenvalue weighted by molar-refractivity contribution is 5.85. The molecule has 68 valence electrons. The van der Waals surface area contributed by atoms with E-state index < -0.39 is 5.97 Å². The van der Waals surface area contributed by atoms with E-state index in [0.29, 0.717) is 0 Å². The van der Waals surface area contributed by atoms with E-state index >= 15 is 0 Å². The molecule has 0 aliphatic heterocycles. The largest absolute Gasteiger partial charge is 0.870 e. The highest BCUT2D eigenvalue weighted by Gasteiger charge is 2.03. The fourth-order valence-corrected chi connectivity index (χ4v) is 0.696. The lowest BCUT2D eigenvalue weighted by molar-refractivity contribution is -0.685. The first kappa shape index (κ1) is 13.5. The van der Waals surface area contributed by atoms with Crippen LogP contribution >= 0.6 is 12.4 Å². The Balaban J connectivity index is 0. The first-order valence-electron chi connectivity index (χ1n) is 2.95. The van der Waals surface area contributed by atoms with Gasteiger partial charge in [-0.15, -0.1) is 12.4 Å². The molecule has 0 unspecified atom stereocenters. The number of pyridine rings is 1. The molecule has 1 aromatic heterocycles. The lowest BCUT2D eigenvalue weighted by Crippen LogP contribution is -2.36. The van der Waals surface area contributed by atoms with Crippen LogP contribution in [0.25, 0.3) is 0 Å². The number of aromatic nitrogens is 1. The van der Waals surface area contributed by atoms with Gasteiger partial charge in [-0.1, -0.05) is 6.07 Å². The third-order valence-electron chi connectivity index (χ3n) is 1.10. The van der Waals surface area contributed by atoms with Gasteiger partial charge in [0, 0.05) is 12.1 Å². The molecule has 0 amide bonds. The van der Waals surface area contributed by atoms with Crippen LogP contribution in [0, 0.1) is 0 Å². The minimum Gasteiger partial charge on any atom is -0.870 e. The van der Waals surface area contributed by atoms with Crippen molar-refractivity contribution in [3.8, 4) is 0 Å². The zero-order chi connectivity index (χ0) is 7.40. The number of aliphatic carboxylic acids is 1. The lowest BCUT2D eigenvalue weighted by atomic mass is 10.5. The summed E-state index contributed by atoms with van der Waals surface area (Å²) in [4.78, 5) is 10.1. The maximum absolute atomic E-state index is 10.1. The van der Waals surface area contributed by atoms with Crippen molar-refractivity contribution in [3.63, 3.8) is 0 Å². The van der Waals surface area contributed by atoms with Crippen LogP contribution in [0.2, 0.25) is 0 Å². The van der Waals surface area contributed by atoms with Crippen LogP contribution < -0.4 is 4.57 Å². The molecule has 0 fully saturated rings. The van der Waals surface area contributed by atoms with Gasteiger partial charge in [-0.3, -0.25) is 0 Å². The lowest BCUT2D eigenvalue weighted by Gasteiger charge is -1.87. The summed E-state index contributed by atoms with van der Waals surface area (Å²) in [5.41, 5.74) is 0. The molecule has 0 atom stereocenters. The normalized spacial score (nSPS) is 7.67. The molecule has 1 heterocycles. The van der Waals surface area contributed by atoms with Gasteiger partial charge in [0.1, 0.15) is 0 Å². The number of halogens is 1. The van der Waals surface area contributed by atoms with Crippen molar-refractivity contribution in [3.05, 3.63) is 30.6 Å². The molecule has 0 aliphatic carbocycles. The van der Waals surface area contributed by atoms with E-state index in [1.54, 1.807) is 29.1 Å². The summed E-state index contributed by atoms with van der Waals surface area (Å²) in [5.74, 6) is -0.823. The summed E-state index contributed by atoms with van der Waals surface area (Å²) in [6, 6.07) is 5.43. The van der Waals surface area contributed by atoms with Crippen molar-refractivity contribution >= 4 is 18.4 Å². The van der Waals surface area contributed by atoms with Gasteiger partial charge in [-0.2, -0.15) is 4.57 Å². The van der Waals surface area contributed by atoms with Crippen LogP contribution in [-0.4, -0.2) is 16.6 Å². The number of carboxylic acids is 1. The van der Waals surface area contributed by atoms with Crippen molar-refractivity contribution in [2.75, 3.05) is 0 Å². The fourth-order valence-electron chi connectivity index (χ4n) is 0.696. The molecule has 12 heavy (non-hydrogen) atoms. The van der Waals surface area contributed by atoms with Crippen molar-refractivity contribution in [1.29, 1.82) is 0 Å². The molecule has 0 bridgehead atoms. The third-order valence-corrected chi connectivity index (χ3v) is 1.10. The summed E-state index contributed by atoms with van der Waals surface area (Å²) in [7, 11) is 0. The number of nitrogens with zero attached hydrogens (tertiary/aromatic N) is 1. The summed E-state index contributed by atoms with van der Waals surface area (Å²) in [6.07, 6.45) is 3.43. The molecule has 0 saturated carbocycles. The average molecular weight is 192 g/mol. The van der Waals surface area contributed by atoms with Gasteiger partial charge >= 0.3 is 5.97 Å². The predicted molar refractivity (Wildman–Crippen MR) is 43.5 cm³/mol. The number of rotatable bonds is 2. The monoisotopic (exact) mass is 191 g/mol. The Labute approximate surface area is 76.2 Å². The van der Waals surface area contributed by atoms with Crippen LogP contribution in [0.4, 0.5) is 0 Å². The van der Waals surface area contributed by atoms with Crippen LogP contribution in [0.1, 0.15) is 0 Å². The van der Waals surface area contributed by atoms with E-state index in [1.807, 2.05) is 6.07 Å². The van der Waals surface area contributed by atoms with Crippen molar-refractivity contribution in [2.24, 2.45) is 0 Å². The number of carbonyl (C=O) groups is 1. The fraction of sp³-hybridized carbons (Fsp3) is 0.143. The minimum atomic E-state index is -0.823. The maximum atomic E-state index is 10.1. The SMILES string of the molecule is Cl.O=C(O)C[n+]1ccccc1.[OH-]. The molecule has 0 saturated heterocycles. The average Bonchev–Trinajstić information content (AvgIpc) is 1.88. The molecular formula is C7H10ClNO3. The molecule has 0 radical (unpaired) electrons. The Hall–Kier alpha value is -1.13. The second kappa shape index (κ2) is 6.57. The summed E-state index contributed by atoms with van der Waals surface area (Å²) < 4.78 is 1.60. The van der Waals surface area contributed by atoms with Crippen LogP contribution in [0.5, 0.6) is 0 Å². The first-order chi connectivity index (χ1) is 4.79. The first-order valence-corrected chi connectivity index (χ1v) is 2.95. The number of hydrogen-bond donors (Lipinski definition) is 1. The molecule has 1 aromatic rings. The van der Waals surface area contributed by atoms with Gasteiger partial charge in [-0.05, 0) is 0 Å². The zero-order valence-electron chi connectivity index (χ0n) is 6.25. The Morgan fingerprint density at radius 1 is 1.25 bits per heavy atom. The Morgan fingerprint density at radius 3 is 2.17 bits per heavy atom. The summed E-state index contributed by atoms with van der Waals surface area (Å²) >= 11 is 0. The Morgan fingerprint density at radius 2 is 1.75 bits per heavy atom. The summed E-state index contributed by atoms with van der Waals surface area (Å²) in [6.45, 7) is 0.0286. The van der Waals surface area contributed by atoms with Gasteiger partial charge in [0.05, 0.1) is 0 Å². The van der Waals surface area contributed by atoms with Crippen LogP contribution in [-0.2, 0) is 11.3 Å². The second-order valence-electron chi connectivity index (χ2n) is 1.94. The minimum absolute atomic E-state index is 0. The molecule has 5 heteroatoms. The Bertz CT molecular complexity index is 227. The van der Waals surface area contributed by atoms with Crippen LogP contribution in [0.15, 0.2) is 30.6 Å². The topological polar surface area (TPSA) is 71.2 Å². The molecule has 2 N–H and O–H groups in total.